The summed E-state index contributed by atoms with van der Waals surface area (Å²) in [7, 11) is 0. The second kappa shape index (κ2) is 9.55. The number of hydrogen-bond donors (Lipinski definition) is 2. The summed E-state index contributed by atoms with van der Waals surface area (Å²) in [5.74, 6) is 8.35. The van der Waals surface area contributed by atoms with E-state index in [4.69, 9.17) is 32.8 Å². The van der Waals surface area contributed by atoms with Gasteiger partial charge >= 0.3 is 0 Å². The van der Waals surface area contributed by atoms with E-state index in [0.717, 1.165) is 55.7 Å². The summed E-state index contributed by atoms with van der Waals surface area (Å²) in [5.41, 5.74) is 16.4. The van der Waals surface area contributed by atoms with E-state index in [1.807, 2.05) is 36.4 Å². The number of benzene rings is 2. The minimum Gasteiger partial charge on any atom is -0.486 e. The van der Waals surface area contributed by atoms with Gasteiger partial charge < -0.3 is 21.1 Å². The Bertz CT molecular complexity index is 1520. The standard InChI is InChI=1S/C29H27ClN6O/c30-23-15-20(4-5-26(23)37-18-21-3-1-2-11-33-21)28-34-25-16-19(24(31)17-22(25)27(32)35-28)6-7-29-8-12-36(13-9-29)14-10-29/h1-5,11,15-17H,8-10,12-14,18,31H2,(H2,32,34,35). The third-order valence-electron chi connectivity index (χ3n) is 7.37. The third-order valence-corrected chi connectivity index (χ3v) is 7.67. The minimum atomic E-state index is 0.100. The second-order valence-corrected chi connectivity index (χ2v) is 10.2. The summed E-state index contributed by atoms with van der Waals surface area (Å²) >= 11 is 6.52. The van der Waals surface area contributed by atoms with Crippen molar-refractivity contribution in [3.05, 3.63) is 71.0 Å². The highest BCUT2D eigenvalue weighted by molar-refractivity contribution is 6.32. The van der Waals surface area contributed by atoms with E-state index in [9.17, 15) is 0 Å². The normalized spacial score (nSPS) is 20.4. The summed E-state index contributed by atoms with van der Waals surface area (Å²) in [5, 5.41) is 1.16. The quantitative estimate of drug-likeness (QED) is 0.296. The van der Waals surface area contributed by atoms with Gasteiger partial charge in [0.15, 0.2) is 5.82 Å². The molecule has 4 aromatic rings. The highest BCUT2D eigenvalue weighted by atomic mass is 35.5. The molecule has 2 aromatic heterocycles. The molecule has 0 radical (unpaired) electrons. The van der Waals surface area contributed by atoms with Crippen molar-refractivity contribution in [3.8, 4) is 29.0 Å². The lowest BCUT2D eigenvalue weighted by Crippen LogP contribution is -2.47. The van der Waals surface area contributed by atoms with Crippen molar-refractivity contribution in [1.82, 2.24) is 19.9 Å². The van der Waals surface area contributed by atoms with Crippen molar-refractivity contribution in [2.75, 3.05) is 31.1 Å². The lowest BCUT2D eigenvalue weighted by Gasteiger charge is -2.45. The van der Waals surface area contributed by atoms with E-state index in [0.29, 0.717) is 45.6 Å². The molecular weight excluding hydrogens is 484 g/mol. The average Bonchev–Trinajstić information content (AvgIpc) is 2.93. The molecule has 4 N–H and O–H groups in total. The van der Waals surface area contributed by atoms with Crippen molar-refractivity contribution in [2.24, 2.45) is 5.41 Å². The number of nitrogen functional groups attached to an aromatic ring is 2. The SMILES string of the molecule is Nc1cc2c(N)nc(-c3ccc(OCc4ccccn4)c(Cl)c3)nc2cc1C#CC12CCN(CC1)CC2. The van der Waals surface area contributed by atoms with Gasteiger partial charge in [-0.25, -0.2) is 9.97 Å². The van der Waals surface area contributed by atoms with Gasteiger partial charge in [-0.05, 0) is 81.4 Å². The average molecular weight is 511 g/mol. The fraction of sp³-hybridized carbons (Fsp3) is 0.276. The van der Waals surface area contributed by atoms with Crippen LogP contribution >= 0.6 is 11.6 Å². The molecule has 5 heterocycles. The summed E-state index contributed by atoms with van der Waals surface area (Å²) < 4.78 is 5.84. The van der Waals surface area contributed by atoms with E-state index in [1.54, 1.807) is 18.3 Å². The zero-order valence-electron chi connectivity index (χ0n) is 20.4. The van der Waals surface area contributed by atoms with Crippen LogP contribution in [0.4, 0.5) is 11.5 Å². The molecule has 7 rings (SSSR count). The number of fused-ring (bicyclic) bond motifs is 4. The number of hydrogen-bond acceptors (Lipinski definition) is 7. The summed E-state index contributed by atoms with van der Waals surface area (Å²) in [6.45, 7) is 3.71. The van der Waals surface area contributed by atoms with Crippen LogP contribution in [0, 0.1) is 17.3 Å². The molecule has 7 nitrogen and oxygen atoms in total. The number of nitrogens with two attached hydrogens (primary N) is 2. The van der Waals surface area contributed by atoms with E-state index in [2.05, 4.69) is 26.7 Å². The van der Waals surface area contributed by atoms with Crippen LogP contribution in [0.2, 0.25) is 5.02 Å². The Morgan fingerprint density at radius 3 is 2.54 bits per heavy atom. The van der Waals surface area contributed by atoms with Crippen molar-refractivity contribution < 1.29 is 4.74 Å². The maximum atomic E-state index is 6.52. The van der Waals surface area contributed by atoms with Gasteiger partial charge in [0.2, 0.25) is 0 Å². The predicted molar refractivity (Wildman–Crippen MR) is 147 cm³/mol. The molecule has 3 fully saturated rings. The van der Waals surface area contributed by atoms with E-state index < -0.39 is 0 Å². The van der Waals surface area contributed by atoms with Crippen molar-refractivity contribution in [2.45, 2.75) is 25.9 Å². The second-order valence-electron chi connectivity index (χ2n) is 9.77. The Kier molecular flexibility index (Phi) is 6.07. The van der Waals surface area contributed by atoms with Crippen LogP contribution in [0.1, 0.15) is 30.5 Å². The Hall–Kier alpha value is -3.86. The smallest absolute Gasteiger partial charge is 0.162 e. The van der Waals surface area contributed by atoms with Gasteiger partial charge in [0.25, 0.3) is 0 Å². The first-order valence-corrected chi connectivity index (χ1v) is 12.8. The van der Waals surface area contributed by atoms with Crippen LogP contribution in [-0.4, -0.2) is 39.5 Å². The highest BCUT2D eigenvalue weighted by Crippen LogP contribution is 2.39. The molecule has 0 atom stereocenters. The molecule has 0 aliphatic carbocycles. The number of pyridine rings is 1. The van der Waals surface area contributed by atoms with Crippen LogP contribution < -0.4 is 16.2 Å². The molecule has 2 bridgehead atoms. The molecule has 2 aromatic carbocycles. The highest BCUT2D eigenvalue weighted by Gasteiger charge is 2.37. The molecule has 0 spiro atoms. The molecule has 0 unspecified atom stereocenters. The number of halogens is 1. The Morgan fingerprint density at radius 2 is 1.81 bits per heavy atom. The first-order chi connectivity index (χ1) is 18.0. The molecule has 3 aliphatic heterocycles. The molecule has 3 aliphatic rings. The van der Waals surface area contributed by atoms with Crippen LogP contribution in [0.15, 0.2) is 54.7 Å². The molecule has 0 amide bonds. The first kappa shape index (κ1) is 23.5. The van der Waals surface area contributed by atoms with Crippen LogP contribution in [-0.2, 0) is 6.61 Å². The molecule has 3 saturated heterocycles. The van der Waals surface area contributed by atoms with Crippen molar-refractivity contribution in [3.63, 3.8) is 0 Å². The number of rotatable bonds is 4. The van der Waals surface area contributed by atoms with Crippen LogP contribution in [0.25, 0.3) is 22.3 Å². The van der Waals surface area contributed by atoms with Gasteiger partial charge in [0.1, 0.15) is 18.2 Å². The van der Waals surface area contributed by atoms with Gasteiger partial charge in [0, 0.05) is 33.8 Å². The number of aromatic nitrogens is 3. The number of ether oxygens (including phenoxy) is 1. The molecular formula is C29H27ClN6O. The molecule has 8 heteroatoms. The third kappa shape index (κ3) is 4.78. The summed E-state index contributed by atoms with van der Waals surface area (Å²) in [4.78, 5) is 16.1. The summed E-state index contributed by atoms with van der Waals surface area (Å²) in [6, 6.07) is 14.9. The van der Waals surface area contributed by atoms with Crippen molar-refractivity contribution >= 4 is 34.0 Å². The number of anilines is 2. The maximum absolute atomic E-state index is 6.52. The fourth-order valence-electron chi connectivity index (χ4n) is 5.06. The lowest BCUT2D eigenvalue weighted by atomic mass is 9.72. The van der Waals surface area contributed by atoms with Crippen LogP contribution in [0.5, 0.6) is 5.75 Å². The van der Waals surface area contributed by atoms with Gasteiger partial charge in [-0.1, -0.05) is 29.5 Å². The zero-order chi connectivity index (χ0) is 25.4. The summed E-state index contributed by atoms with van der Waals surface area (Å²) in [6.07, 6.45) is 5.09. The van der Waals surface area contributed by atoms with E-state index in [-0.39, 0.29) is 5.41 Å². The largest absolute Gasteiger partial charge is 0.486 e. The molecule has 0 saturated carbocycles. The van der Waals surface area contributed by atoms with Crippen molar-refractivity contribution in [1.29, 1.82) is 0 Å². The van der Waals surface area contributed by atoms with E-state index in [1.165, 1.54) is 0 Å². The monoisotopic (exact) mass is 510 g/mol. The van der Waals surface area contributed by atoms with Gasteiger partial charge in [-0.2, -0.15) is 0 Å². The lowest BCUT2D eigenvalue weighted by molar-refractivity contribution is 0.0680. The number of nitrogens with zero attached hydrogens (tertiary/aromatic N) is 4. The fourth-order valence-corrected chi connectivity index (χ4v) is 5.29. The van der Waals surface area contributed by atoms with Gasteiger partial charge in [0.05, 0.1) is 16.2 Å². The minimum absolute atomic E-state index is 0.100. The van der Waals surface area contributed by atoms with Gasteiger partial charge in [-0.15, -0.1) is 0 Å². The topological polar surface area (TPSA) is 103 Å². The van der Waals surface area contributed by atoms with Gasteiger partial charge in [-0.3, -0.25) is 4.98 Å². The molecule has 186 valence electrons. The number of piperidine rings is 3. The Morgan fingerprint density at radius 1 is 1.00 bits per heavy atom. The Balaban J connectivity index is 1.29. The maximum Gasteiger partial charge on any atom is 0.162 e. The van der Waals surface area contributed by atoms with Crippen LogP contribution in [0.3, 0.4) is 0 Å². The first-order valence-electron chi connectivity index (χ1n) is 12.4. The van der Waals surface area contributed by atoms with E-state index >= 15 is 0 Å². The zero-order valence-corrected chi connectivity index (χ0v) is 21.1. The molecule has 37 heavy (non-hydrogen) atoms. The predicted octanol–water partition coefficient (Wildman–Crippen LogP) is 4.93. The Labute approximate surface area is 220 Å².